The van der Waals surface area contributed by atoms with Gasteiger partial charge in [0, 0.05) is 5.56 Å². The summed E-state index contributed by atoms with van der Waals surface area (Å²) in [6.07, 6.45) is 0. The zero-order valence-electron chi connectivity index (χ0n) is 13.7. The van der Waals surface area contributed by atoms with E-state index >= 15 is 0 Å². The van der Waals surface area contributed by atoms with Gasteiger partial charge >= 0.3 is 0 Å². The molecule has 2 aromatic carbocycles. The fourth-order valence-corrected chi connectivity index (χ4v) is 3.64. The van der Waals surface area contributed by atoms with Crippen LogP contribution in [0.4, 0.5) is 0 Å². The number of furan rings is 1. The molecule has 2 aromatic heterocycles. The summed E-state index contributed by atoms with van der Waals surface area (Å²) in [5.74, 6) is 0.619. The quantitative estimate of drug-likeness (QED) is 0.510. The van der Waals surface area contributed by atoms with Gasteiger partial charge in [0.15, 0.2) is 4.67 Å². The highest BCUT2D eigenvalue weighted by Crippen LogP contribution is 2.34. The Labute approximate surface area is 162 Å². The van der Waals surface area contributed by atoms with Crippen LogP contribution in [0.1, 0.15) is 0 Å². The molecule has 136 valence electrons. The molecule has 0 unspecified atom stereocenters. The minimum absolute atomic E-state index is 0.0309. The Balaban J connectivity index is 2.03. The summed E-state index contributed by atoms with van der Waals surface area (Å²) in [5, 5.41) is 5.57. The van der Waals surface area contributed by atoms with Crippen molar-refractivity contribution in [1.82, 2.24) is 0 Å². The lowest BCUT2D eigenvalue weighted by molar-refractivity contribution is 0.550. The Morgan fingerprint density at radius 1 is 0.889 bits per heavy atom. The first-order chi connectivity index (χ1) is 12.8. The first kappa shape index (κ1) is 17.7. The van der Waals surface area contributed by atoms with Crippen molar-refractivity contribution < 1.29 is 17.3 Å². The molecule has 0 amide bonds. The standard InChI is InChI=1S/C19H12BrNO5S/c20-16-10-9-15(25-16)17-18(22)13-3-1-2-4-14(13)26-19(17)11-5-7-12(8-6-11)27(21,23)24/h1-10H,(H2,21,23,24). The Hall–Kier alpha value is -2.68. The molecule has 4 rings (SSSR count). The average molecular weight is 446 g/mol. The van der Waals surface area contributed by atoms with Crippen LogP contribution in [0.25, 0.3) is 33.6 Å². The topological polar surface area (TPSA) is 104 Å². The Kier molecular flexibility index (Phi) is 4.26. The summed E-state index contributed by atoms with van der Waals surface area (Å²) in [4.78, 5) is 13.1. The molecule has 0 aliphatic carbocycles. The van der Waals surface area contributed by atoms with E-state index in [0.29, 0.717) is 27.0 Å². The number of benzene rings is 2. The molecule has 2 heterocycles. The van der Waals surface area contributed by atoms with E-state index in [2.05, 4.69) is 15.9 Å². The van der Waals surface area contributed by atoms with Gasteiger partial charge in [-0.3, -0.25) is 4.79 Å². The largest absolute Gasteiger partial charge is 0.455 e. The molecule has 0 saturated carbocycles. The van der Waals surface area contributed by atoms with Crippen molar-refractivity contribution in [2.24, 2.45) is 5.14 Å². The number of hydrogen-bond acceptors (Lipinski definition) is 5. The van der Waals surface area contributed by atoms with Gasteiger partial charge in [-0.2, -0.15) is 0 Å². The highest BCUT2D eigenvalue weighted by molar-refractivity contribution is 9.10. The van der Waals surface area contributed by atoms with Crippen LogP contribution in [0.2, 0.25) is 0 Å². The zero-order chi connectivity index (χ0) is 19.2. The van der Waals surface area contributed by atoms with Crippen LogP contribution in [0, 0.1) is 0 Å². The predicted molar refractivity (Wildman–Crippen MR) is 105 cm³/mol. The molecule has 2 N–H and O–H groups in total. The maximum atomic E-state index is 13.1. The van der Waals surface area contributed by atoms with Crippen LogP contribution < -0.4 is 10.6 Å². The van der Waals surface area contributed by atoms with Gasteiger partial charge in [0.2, 0.25) is 15.5 Å². The second-order valence-electron chi connectivity index (χ2n) is 5.80. The van der Waals surface area contributed by atoms with E-state index in [-0.39, 0.29) is 21.6 Å². The van der Waals surface area contributed by atoms with E-state index in [0.717, 1.165) is 0 Å². The van der Waals surface area contributed by atoms with Crippen molar-refractivity contribution in [3.05, 3.63) is 75.6 Å². The number of sulfonamides is 1. The van der Waals surface area contributed by atoms with Gasteiger partial charge in [-0.25, -0.2) is 13.6 Å². The highest BCUT2D eigenvalue weighted by Gasteiger charge is 2.21. The summed E-state index contributed by atoms with van der Waals surface area (Å²) < 4.78 is 35.0. The molecule has 0 radical (unpaired) electrons. The minimum Gasteiger partial charge on any atom is -0.455 e. The molecule has 0 atom stereocenters. The molecule has 0 saturated heterocycles. The molecule has 27 heavy (non-hydrogen) atoms. The van der Waals surface area contributed by atoms with Crippen LogP contribution in [0.5, 0.6) is 0 Å². The van der Waals surface area contributed by atoms with Gasteiger partial charge in [0.05, 0.1) is 10.3 Å². The number of para-hydroxylation sites is 1. The van der Waals surface area contributed by atoms with E-state index in [1.54, 1.807) is 36.4 Å². The summed E-state index contributed by atoms with van der Waals surface area (Å²) in [7, 11) is -3.82. The fourth-order valence-electron chi connectivity index (χ4n) is 2.81. The number of nitrogens with two attached hydrogens (primary N) is 1. The van der Waals surface area contributed by atoms with Crippen molar-refractivity contribution in [2.45, 2.75) is 4.90 Å². The third-order valence-electron chi connectivity index (χ3n) is 4.06. The van der Waals surface area contributed by atoms with Crippen LogP contribution in [-0.4, -0.2) is 8.42 Å². The summed E-state index contributed by atoms with van der Waals surface area (Å²) in [6.45, 7) is 0. The molecular weight excluding hydrogens is 434 g/mol. The second kappa shape index (κ2) is 6.49. The van der Waals surface area contributed by atoms with Crippen molar-refractivity contribution in [3.8, 4) is 22.6 Å². The third kappa shape index (κ3) is 3.23. The van der Waals surface area contributed by atoms with E-state index in [1.165, 1.54) is 24.3 Å². The fraction of sp³-hybridized carbons (Fsp3) is 0. The minimum atomic E-state index is -3.82. The predicted octanol–water partition coefficient (Wildman–Crippen LogP) is 4.13. The molecule has 8 heteroatoms. The van der Waals surface area contributed by atoms with Gasteiger partial charge in [-0.05, 0) is 64.5 Å². The maximum absolute atomic E-state index is 13.1. The number of fused-ring (bicyclic) bond motifs is 1. The molecule has 0 bridgehead atoms. The lowest BCUT2D eigenvalue weighted by Crippen LogP contribution is -2.12. The SMILES string of the molecule is NS(=O)(=O)c1ccc(-c2oc3ccccc3c(=O)c2-c2ccc(Br)o2)cc1. The molecule has 0 aliphatic heterocycles. The maximum Gasteiger partial charge on any atom is 0.238 e. The first-order valence-corrected chi connectivity index (χ1v) is 10.1. The summed E-state index contributed by atoms with van der Waals surface area (Å²) in [5.41, 5.74) is 0.946. The Morgan fingerprint density at radius 3 is 2.22 bits per heavy atom. The van der Waals surface area contributed by atoms with Gasteiger partial charge < -0.3 is 8.83 Å². The monoisotopic (exact) mass is 445 g/mol. The Bertz CT molecular complexity index is 1320. The molecule has 0 fully saturated rings. The molecule has 0 spiro atoms. The van der Waals surface area contributed by atoms with Gasteiger partial charge in [-0.1, -0.05) is 12.1 Å². The molecule has 0 aliphatic rings. The summed E-state index contributed by atoms with van der Waals surface area (Å²) in [6, 6.07) is 16.0. The highest BCUT2D eigenvalue weighted by atomic mass is 79.9. The van der Waals surface area contributed by atoms with Crippen LogP contribution in [0.15, 0.2) is 83.9 Å². The lowest BCUT2D eigenvalue weighted by atomic mass is 10.0. The van der Waals surface area contributed by atoms with Gasteiger partial charge in [0.1, 0.15) is 22.7 Å². The molecule has 6 nitrogen and oxygen atoms in total. The smallest absolute Gasteiger partial charge is 0.238 e. The lowest BCUT2D eigenvalue weighted by Gasteiger charge is -2.09. The van der Waals surface area contributed by atoms with Crippen LogP contribution in [0.3, 0.4) is 0 Å². The van der Waals surface area contributed by atoms with Gasteiger partial charge in [-0.15, -0.1) is 0 Å². The van der Waals surface area contributed by atoms with Crippen LogP contribution in [-0.2, 0) is 10.0 Å². The van der Waals surface area contributed by atoms with Gasteiger partial charge in [0.25, 0.3) is 0 Å². The van der Waals surface area contributed by atoms with E-state index in [1.807, 2.05) is 0 Å². The molecule has 4 aromatic rings. The normalized spacial score (nSPS) is 11.8. The number of rotatable bonds is 3. The average Bonchev–Trinajstić information content (AvgIpc) is 3.07. The number of halogens is 1. The molecular formula is C19H12BrNO5S. The van der Waals surface area contributed by atoms with Crippen molar-refractivity contribution in [2.75, 3.05) is 0 Å². The Morgan fingerprint density at radius 2 is 1.59 bits per heavy atom. The number of hydrogen-bond donors (Lipinski definition) is 1. The van der Waals surface area contributed by atoms with E-state index < -0.39 is 10.0 Å². The second-order valence-corrected chi connectivity index (χ2v) is 8.15. The first-order valence-electron chi connectivity index (χ1n) is 7.79. The summed E-state index contributed by atoms with van der Waals surface area (Å²) >= 11 is 3.24. The van der Waals surface area contributed by atoms with Crippen molar-refractivity contribution in [3.63, 3.8) is 0 Å². The van der Waals surface area contributed by atoms with E-state index in [4.69, 9.17) is 14.0 Å². The number of primary sulfonamides is 1. The zero-order valence-corrected chi connectivity index (χ0v) is 16.1. The van der Waals surface area contributed by atoms with E-state index in [9.17, 15) is 13.2 Å². The third-order valence-corrected chi connectivity index (χ3v) is 5.42. The van der Waals surface area contributed by atoms with Crippen molar-refractivity contribution >= 4 is 36.9 Å². The van der Waals surface area contributed by atoms with Crippen LogP contribution >= 0.6 is 15.9 Å². The van der Waals surface area contributed by atoms with Crippen molar-refractivity contribution in [1.29, 1.82) is 0 Å².